The van der Waals surface area contributed by atoms with E-state index in [1.165, 1.54) is 0 Å². The molecule has 3 rings (SSSR count). The van der Waals surface area contributed by atoms with E-state index >= 15 is 0 Å². The number of pyridine rings is 1. The summed E-state index contributed by atoms with van der Waals surface area (Å²) in [5, 5.41) is 10.5. The highest BCUT2D eigenvalue weighted by atomic mass is 16.4. The average Bonchev–Trinajstić information content (AvgIpc) is 2.44. The largest absolute Gasteiger partial charge is 0.478 e. The summed E-state index contributed by atoms with van der Waals surface area (Å²) in [6, 6.07) is 5.99. The van der Waals surface area contributed by atoms with E-state index < -0.39 is 5.97 Å². The van der Waals surface area contributed by atoms with Gasteiger partial charge in [-0.15, -0.1) is 0 Å². The van der Waals surface area contributed by atoms with Crippen LogP contribution in [0.4, 0.5) is 0 Å². The molecular formula is C17H19NO2. The molecule has 3 nitrogen and oxygen atoms in total. The summed E-state index contributed by atoms with van der Waals surface area (Å²) in [4.78, 5) is 16.5. The van der Waals surface area contributed by atoms with E-state index in [1.54, 1.807) is 0 Å². The number of aryl methyl sites for hydroxylation is 1. The van der Waals surface area contributed by atoms with Crippen LogP contribution in [0.5, 0.6) is 0 Å². The number of rotatable bonds is 2. The SMILES string of the molecule is CCc1ccc2nc3c(c(C(=O)O)c2c1)CCCC3C. The molecule has 20 heavy (non-hydrogen) atoms. The lowest BCUT2D eigenvalue weighted by atomic mass is 9.84. The lowest BCUT2D eigenvalue weighted by Gasteiger charge is -2.24. The maximum atomic E-state index is 11.8. The van der Waals surface area contributed by atoms with Crippen LogP contribution >= 0.6 is 0 Å². The highest BCUT2D eigenvalue weighted by Gasteiger charge is 2.25. The van der Waals surface area contributed by atoms with Crippen molar-refractivity contribution < 1.29 is 9.90 Å². The van der Waals surface area contributed by atoms with Gasteiger partial charge in [0.1, 0.15) is 0 Å². The van der Waals surface area contributed by atoms with E-state index in [-0.39, 0.29) is 0 Å². The van der Waals surface area contributed by atoms with Crippen molar-refractivity contribution in [2.75, 3.05) is 0 Å². The highest BCUT2D eigenvalue weighted by Crippen LogP contribution is 2.35. The number of benzene rings is 1. The van der Waals surface area contributed by atoms with Gasteiger partial charge in [0, 0.05) is 11.1 Å². The monoisotopic (exact) mass is 269 g/mol. The second kappa shape index (κ2) is 4.89. The van der Waals surface area contributed by atoms with Crippen molar-refractivity contribution >= 4 is 16.9 Å². The van der Waals surface area contributed by atoms with Crippen molar-refractivity contribution in [1.29, 1.82) is 0 Å². The van der Waals surface area contributed by atoms with E-state index in [0.29, 0.717) is 11.5 Å². The minimum Gasteiger partial charge on any atom is -0.478 e. The van der Waals surface area contributed by atoms with Crippen molar-refractivity contribution in [3.05, 3.63) is 40.6 Å². The fourth-order valence-electron chi connectivity index (χ4n) is 3.22. The molecule has 1 aromatic heterocycles. The summed E-state index contributed by atoms with van der Waals surface area (Å²) in [5.74, 6) is -0.469. The van der Waals surface area contributed by atoms with Gasteiger partial charge in [-0.1, -0.05) is 19.9 Å². The van der Waals surface area contributed by atoms with Gasteiger partial charge in [0.25, 0.3) is 0 Å². The van der Waals surface area contributed by atoms with Crippen LogP contribution < -0.4 is 0 Å². The number of hydrogen-bond acceptors (Lipinski definition) is 2. The summed E-state index contributed by atoms with van der Waals surface area (Å²) in [7, 11) is 0. The van der Waals surface area contributed by atoms with Crippen molar-refractivity contribution in [1.82, 2.24) is 4.98 Å². The average molecular weight is 269 g/mol. The molecule has 1 atom stereocenters. The highest BCUT2D eigenvalue weighted by molar-refractivity contribution is 6.04. The molecule has 1 heterocycles. The Bertz CT molecular complexity index is 691. The molecule has 0 saturated heterocycles. The van der Waals surface area contributed by atoms with Crippen LogP contribution in [0.1, 0.15) is 59.8 Å². The Labute approximate surface area is 118 Å². The predicted octanol–water partition coefficient (Wildman–Crippen LogP) is 3.94. The zero-order valence-corrected chi connectivity index (χ0v) is 11.9. The van der Waals surface area contributed by atoms with E-state index in [9.17, 15) is 9.90 Å². The van der Waals surface area contributed by atoms with Gasteiger partial charge in [-0.05, 0) is 54.9 Å². The maximum absolute atomic E-state index is 11.8. The number of nitrogens with zero attached hydrogens (tertiary/aromatic N) is 1. The summed E-state index contributed by atoms with van der Waals surface area (Å²) in [6.07, 6.45) is 3.88. The van der Waals surface area contributed by atoms with Crippen LogP contribution in [0, 0.1) is 0 Å². The van der Waals surface area contributed by atoms with E-state index in [1.807, 2.05) is 18.2 Å². The third-order valence-electron chi connectivity index (χ3n) is 4.33. The summed E-state index contributed by atoms with van der Waals surface area (Å²) in [5.41, 5.74) is 4.40. The molecule has 0 bridgehead atoms. The molecule has 0 spiro atoms. The van der Waals surface area contributed by atoms with Crippen LogP contribution in [-0.2, 0) is 12.8 Å². The van der Waals surface area contributed by atoms with Crippen LogP contribution in [0.15, 0.2) is 18.2 Å². The number of aromatic nitrogens is 1. The first-order chi connectivity index (χ1) is 9.61. The van der Waals surface area contributed by atoms with Crippen LogP contribution in [-0.4, -0.2) is 16.1 Å². The van der Waals surface area contributed by atoms with Crippen molar-refractivity contribution in [3.8, 4) is 0 Å². The maximum Gasteiger partial charge on any atom is 0.336 e. The minimum atomic E-state index is -0.823. The number of fused-ring (bicyclic) bond motifs is 2. The standard InChI is InChI=1S/C17H19NO2/c1-3-11-7-8-14-13(9-11)15(17(19)20)12-6-4-5-10(2)16(12)18-14/h7-10H,3-6H2,1-2H3,(H,19,20). The number of carbonyl (C=O) groups is 1. The molecule has 0 saturated carbocycles. The fraction of sp³-hybridized carbons (Fsp3) is 0.412. The smallest absolute Gasteiger partial charge is 0.336 e. The molecule has 1 unspecified atom stereocenters. The molecule has 0 fully saturated rings. The number of carboxylic acid groups (broad SMARTS) is 1. The molecule has 104 valence electrons. The Morgan fingerprint density at radius 3 is 2.95 bits per heavy atom. The first-order valence-corrected chi connectivity index (χ1v) is 7.30. The first-order valence-electron chi connectivity index (χ1n) is 7.30. The quantitative estimate of drug-likeness (QED) is 0.898. The van der Waals surface area contributed by atoms with E-state index in [0.717, 1.165) is 53.4 Å². The van der Waals surface area contributed by atoms with Crippen LogP contribution in [0.25, 0.3) is 10.9 Å². The zero-order valence-electron chi connectivity index (χ0n) is 11.9. The number of hydrogen-bond donors (Lipinski definition) is 1. The predicted molar refractivity (Wildman–Crippen MR) is 79.4 cm³/mol. The Hall–Kier alpha value is -1.90. The molecule has 0 amide bonds. The van der Waals surface area contributed by atoms with Crippen LogP contribution in [0.2, 0.25) is 0 Å². The molecule has 1 aromatic carbocycles. The van der Waals surface area contributed by atoms with Gasteiger partial charge in [0.05, 0.1) is 11.1 Å². The number of aromatic carboxylic acids is 1. The third kappa shape index (κ3) is 1.98. The van der Waals surface area contributed by atoms with E-state index in [4.69, 9.17) is 4.98 Å². The Morgan fingerprint density at radius 1 is 1.45 bits per heavy atom. The van der Waals surface area contributed by atoms with Crippen molar-refractivity contribution in [2.45, 2.75) is 45.4 Å². The second-order valence-corrected chi connectivity index (χ2v) is 5.65. The Kier molecular flexibility index (Phi) is 3.20. The van der Waals surface area contributed by atoms with Gasteiger partial charge in [-0.25, -0.2) is 4.79 Å². The normalized spacial score (nSPS) is 18.0. The Balaban J connectivity index is 2.38. The van der Waals surface area contributed by atoms with Crippen LogP contribution in [0.3, 0.4) is 0 Å². The van der Waals surface area contributed by atoms with Crippen molar-refractivity contribution in [3.63, 3.8) is 0 Å². The third-order valence-corrected chi connectivity index (χ3v) is 4.33. The zero-order chi connectivity index (χ0) is 14.3. The summed E-state index contributed by atoms with van der Waals surface area (Å²) < 4.78 is 0. The summed E-state index contributed by atoms with van der Waals surface area (Å²) in [6.45, 7) is 4.22. The fourth-order valence-corrected chi connectivity index (χ4v) is 3.22. The molecule has 1 N–H and O–H groups in total. The first kappa shape index (κ1) is 13.1. The molecule has 0 aliphatic heterocycles. The van der Waals surface area contributed by atoms with Gasteiger partial charge in [-0.3, -0.25) is 4.98 Å². The summed E-state index contributed by atoms with van der Waals surface area (Å²) >= 11 is 0. The number of carboxylic acids is 1. The second-order valence-electron chi connectivity index (χ2n) is 5.65. The molecule has 1 aliphatic rings. The van der Waals surface area contributed by atoms with E-state index in [2.05, 4.69) is 13.8 Å². The molecule has 1 aliphatic carbocycles. The van der Waals surface area contributed by atoms with Gasteiger partial charge >= 0.3 is 5.97 Å². The molecule has 2 aromatic rings. The van der Waals surface area contributed by atoms with Gasteiger partial charge in [-0.2, -0.15) is 0 Å². The minimum absolute atomic E-state index is 0.354. The Morgan fingerprint density at radius 2 is 2.25 bits per heavy atom. The lowest BCUT2D eigenvalue weighted by molar-refractivity contribution is 0.0697. The molecule has 0 radical (unpaired) electrons. The van der Waals surface area contributed by atoms with Crippen molar-refractivity contribution in [2.24, 2.45) is 0 Å². The molecule has 3 heteroatoms. The van der Waals surface area contributed by atoms with Gasteiger partial charge in [0.15, 0.2) is 0 Å². The molecular weight excluding hydrogens is 250 g/mol. The topological polar surface area (TPSA) is 50.2 Å². The lowest BCUT2D eigenvalue weighted by Crippen LogP contribution is -2.15. The van der Waals surface area contributed by atoms with Gasteiger partial charge < -0.3 is 5.11 Å². The van der Waals surface area contributed by atoms with Gasteiger partial charge in [0.2, 0.25) is 0 Å².